The van der Waals surface area contributed by atoms with Crippen molar-refractivity contribution in [3.63, 3.8) is 0 Å². The molecule has 2 aromatic rings. The number of thioether (sulfide) groups is 1. The van der Waals surface area contributed by atoms with Crippen LogP contribution in [0.1, 0.15) is 39.4 Å². The van der Waals surface area contributed by atoms with Gasteiger partial charge in [0.2, 0.25) is 5.91 Å². The van der Waals surface area contributed by atoms with Gasteiger partial charge in [-0.05, 0) is 13.8 Å². The fourth-order valence-corrected chi connectivity index (χ4v) is 3.53. The van der Waals surface area contributed by atoms with Crippen LogP contribution in [-0.4, -0.2) is 48.8 Å². The van der Waals surface area contributed by atoms with E-state index in [4.69, 9.17) is 0 Å². The Labute approximate surface area is 156 Å². The summed E-state index contributed by atoms with van der Waals surface area (Å²) in [5.41, 5.74) is -0.586. The Morgan fingerprint density at radius 3 is 2.27 bits per heavy atom. The number of hydrogen-bond acceptors (Lipinski definition) is 6. The molecule has 1 amide bonds. The van der Waals surface area contributed by atoms with Gasteiger partial charge in [0.25, 0.3) is 5.56 Å². The van der Waals surface area contributed by atoms with Gasteiger partial charge >= 0.3 is 5.69 Å². The van der Waals surface area contributed by atoms with Crippen LogP contribution in [-0.2, 0) is 18.9 Å². The summed E-state index contributed by atoms with van der Waals surface area (Å²) < 4.78 is 2.39. The Hall–Kier alpha value is -2.16. The maximum absolute atomic E-state index is 12.7. The van der Waals surface area contributed by atoms with Gasteiger partial charge in [-0.15, -0.1) is 0 Å². The lowest BCUT2D eigenvalue weighted by Gasteiger charge is -2.18. The van der Waals surface area contributed by atoms with Gasteiger partial charge in [0.05, 0.1) is 5.75 Å². The van der Waals surface area contributed by atoms with E-state index in [2.05, 4.69) is 9.97 Å². The van der Waals surface area contributed by atoms with E-state index in [0.29, 0.717) is 29.6 Å². The van der Waals surface area contributed by atoms with Gasteiger partial charge in [-0.25, -0.2) is 14.8 Å². The van der Waals surface area contributed by atoms with Crippen molar-refractivity contribution in [3.05, 3.63) is 26.7 Å². The zero-order valence-electron chi connectivity index (χ0n) is 16.1. The molecule has 2 aromatic heterocycles. The fraction of sp³-hybridized carbons (Fsp3) is 0.588. The first-order valence-electron chi connectivity index (χ1n) is 8.61. The first kappa shape index (κ1) is 20.2. The monoisotopic (exact) mass is 379 g/mol. The minimum atomic E-state index is -0.448. The molecule has 0 saturated carbocycles. The molecule has 0 bridgehead atoms. The molecule has 26 heavy (non-hydrogen) atoms. The third-order valence-electron chi connectivity index (χ3n) is 4.25. The smallest absolute Gasteiger partial charge is 0.332 e. The van der Waals surface area contributed by atoms with Gasteiger partial charge in [0, 0.05) is 33.1 Å². The largest absolute Gasteiger partial charge is 0.343 e. The number of nitrogens with zero attached hydrogens (tertiary/aromatic N) is 5. The van der Waals surface area contributed by atoms with Crippen LogP contribution >= 0.6 is 11.8 Å². The van der Waals surface area contributed by atoms with Crippen LogP contribution in [0.15, 0.2) is 14.6 Å². The zero-order chi connectivity index (χ0) is 19.6. The van der Waals surface area contributed by atoms with Crippen LogP contribution < -0.4 is 11.2 Å². The maximum atomic E-state index is 12.7. The predicted octanol–water partition coefficient (Wildman–Crippen LogP) is 1.11. The molecule has 0 atom stereocenters. The van der Waals surface area contributed by atoms with E-state index in [1.807, 2.05) is 27.7 Å². The highest BCUT2D eigenvalue weighted by molar-refractivity contribution is 8.00. The summed E-state index contributed by atoms with van der Waals surface area (Å²) in [6, 6.07) is 0. The van der Waals surface area contributed by atoms with E-state index in [1.165, 1.54) is 23.4 Å². The standard InChI is InChI=1S/C17H25N5O3S/c1-7-22(8-2)11(23)9-26-15-12-14(18-13(19-15)10(3)4)20(5)17(25)21(6)16(12)24/h10H,7-9H2,1-6H3. The molecule has 0 aliphatic heterocycles. The topological polar surface area (TPSA) is 90.1 Å². The molecule has 8 nitrogen and oxygen atoms in total. The molecule has 0 aromatic carbocycles. The Kier molecular flexibility index (Phi) is 6.22. The summed E-state index contributed by atoms with van der Waals surface area (Å²) in [6.45, 7) is 9.00. The molecular weight excluding hydrogens is 354 g/mol. The van der Waals surface area contributed by atoms with Crippen molar-refractivity contribution >= 4 is 28.7 Å². The number of aryl methyl sites for hydroxylation is 1. The Morgan fingerprint density at radius 1 is 1.12 bits per heavy atom. The van der Waals surface area contributed by atoms with E-state index >= 15 is 0 Å². The summed E-state index contributed by atoms with van der Waals surface area (Å²) in [5, 5.41) is 0.715. The van der Waals surface area contributed by atoms with Crippen LogP contribution in [0.25, 0.3) is 11.0 Å². The lowest BCUT2D eigenvalue weighted by Crippen LogP contribution is -2.38. The molecule has 0 aliphatic rings. The van der Waals surface area contributed by atoms with Crippen molar-refractivity contribution in [2.24, 2.45) is 14.1 Å². The van der Waals surface area contributed by atoms with Gasteiger partial charge in [-0.2, -0.15) is 0 Å². The van der Waals surface area contributed by atoms with Crippen LogP contribution in [0.4, 0.5) is 0 Å². The molecule has 0 unspecified atom stereocenters. The molecule has 142 valence electrons. The minimum absolute atomic E-state index is 0.0143. The van der Waals surface area contributed by atoms with E-state index in [1.54, 1.807) is 11.9 Å². The van der Waals surface area contributed by atoms with Crippen molar-refractivity contribution in [1.82, 2.24) is 24.0 Å². The van der Waals surface area contributed by atoms with Crippen molar-refractivity contribution in [2.75, 3.05) is 18.8 Å². The number of carbonyl (C=O) groups is 1. The summed E-state index contributed by atoms with van der Waals surface area (Å²) >= 11 is 1.22. The highest BCUT2D eigenvalue weighted by Crippen LogP contribution is 2.24. The van der Waals surface area contributed by atoms with E-state index in [0.717, 1.165) is 4.57 Å². The normalized spacial score (nSPS) is 11.3. The molecule has 0 spiro atoms. The number of hydrogen-bond donors (Lipinski definition) is 0. The maximum Gasteiger partial charge on any atom is 0.332 e. The van der Waals surface area contributed by atoms with Crippen LogP contribution in [0, 0.1) is 0 Å². The van der Waals surface area contributed by atoms with Gasteiger partial charge in [-0.1, -0.05) is 25.6 Å². The Morgan fingerprint density at radius 2 is 1.73 bits per heavy atom. The number of aromatic nitrogens is 4. The summed E-state index contributed by atoms with van der Waals surface area (Å²) in [6.07, 6.45) is 0. The highest BCUT2D eigenvalue weighted by atomic mass is 32.2. The van der Waals surface area contributed by atoms with Crippen molar-refractivity contribution in [3.8, 4) is 0 Å². The van der Waals surface area contributed by atoms with E-state index < -0.39 is 11.2 Å². The molecule has 0 N–H and O–H groups in total. The quantitative estimate of drug-likeness (QED) is 0.552. The third-order valence-corrected chi connectivity index (χ3v) is 5.21. The van der Waals surface area contributed by atoms with Gasteiger partial charge in [0.1, 0.15) is 16.2 Å². The predicted molar refractivity (Wildman–Crippen MR) is 103 cm³/mol. The second-order valence-corrected chi connectivity index (χ2v) is 7.26. The Bertz CT molecular complexity index is 944. The number of carbonyl (C=O) groups excluding carboxylic acids is 1. The highest BCUT2D eigenvalue weighted by Gasteiger charge is 2.20. The minimum Gasteiger partial charge on any atom is -0.343 e. The number of fused-ring (bicyclic) bond motifs is 1. The van der Waals surface area contributed by atoms with E-state index in [9.17, 15) is 14.4 Å². The Balaban J connectivity index is 2.62. The number of rotatable bonds is 6. The lowest BCUT2D eigenvalue weighted by molar-refractivity contribution is -0.127. The van der Waals surface area contributed by atoms with E-state index in [-0.39, 0.29) is 23.0 Å². The second-order valence-electron chi connectivity index (χ2n) is 6.30. The van der Waals surface area contributed by atoms with Crippen molar-refractivity contribution < 1.29 is 4.79 Å². The van der Waals surface area contributed by atoms with Crippen LogP contribution in [0.5, 0.6) is 0 Å². The molecular formula is C17H25N5O3S. The van der Waals surface area contributed by atoms with Crippen molar-refractivity contribution in [1.29, 1.82) is 0 Å². The third kappa shape index (κ3) is 3.67. The summed E-state index contributed by atoms with van der Waals surface area (Å²) in [4.78, 5) is 47.9. The average molecular weight is 379 g/mol. The first-order chi connectivity index (χ1) is 12.2. The first-order valence-corrected chi connectivity index (χ1v) is 9.59. The average Bonchev–Trinajstić information content (AvgIpc) is 2.62. The summed E-state index contributed by atoms with van der Waals surface area (Å²) in [5.74, 6) is 0.728. The molecule has 0 radical (unpaired) electrons. The van der Waals surface area contributed by atoms with Crippen molar-refractivity contribution in [2.45, 2.75) is 38.6 Å². The van der Waals surface area contributed by atoms with Gasteiger partial charge in [-0.3, -0.25) is 18.7 Å². The zero-order valence-corrected chi connectivity index (χ0v) is 16.9. The molecule has 0 fully saturated rings. The number of amides is 1. The van der Waals surface area contributed by atoms with Gasteiger partial charge in [0.15, 0.2) is 5.65 Å². The lowest BCUT2D eigenvalue weighted by atomic mass is 10.2. The fourth-order valence-electron chi connectivity index (χ4n) is 2.61. The molecule has 2 rings (SSSR count). The van der Waals surface area contributed by atoms with Crippen LogP contribution in [0.3, 0.4) is 0 Å². The molecule has 0 aliphatic carbocycles. The molecule has 2 heterocycles. The summed E-state index contributed by atoms with van der Waals surface area (Å²) in [7, 11) is 3.01. The second kappa shape index (κ2) is 8.03. The molecule has 9 heteroatoms. The van der Waals surface area contributed by atoms with Crippen LogP contribution in [0.2, 0.25) is 0 Å². The van der Waals surface area contributed by atoms with Gasteiger partial charge < -0.3 is 4.90 Å². The molecule has 0 saturated heterocycles. The SMILES string of the molecule is CCN(CC)C(=O)CSc1nc(C(C)C)nc2c1c(=O)n(C)c(=O)n2C.